The average Bonchev–Trinajstić information content (AvgIpc) is 2.67. The van der Waals surface area contributed by atoms with Crippen molar-refractivity contribution in [3.63, 3.8) is 0 Å². The second-order valence-electron chi connectivity index (χ2n) is 7.14. The monoisotopic (exact) mass is 369 g/mol. The molecule has 3 rings (SSSR count). The fourth-order valence-electron chi connectivity index (χ4n) is 3.27. The highest BCUT2D eigenvalue weighted by Crippen LogP contribution is 2.17. The van der Waals surface area contributed by atoms with E-state index in [1.165, 1.54) is 23.4 Å². The Kier molecular flexibility index (Phi) is 6.24. The molecule has 0 aliphatic carbocycles. The predicted octanol–water partition coefficient (Wildman–Crippen LogP) is 1.41. The number of aromatic amines is 1. The highest BCUT2D eigenvalue weighted by Gasteiger charge is 2.18. The normalized spacial score (nSPS) is 16.1. The van der Waals surface area contributed by atoms with Gasteiger partial charge < -0.3 is 10.2 Å². The van der Waals surface area contributed by atoms with Crippen LogP contribution in [0.1, 0.15) is 29.4 Å². The summed E-state index contributed by atoms with van der Waals surface area (Å²) < 4.78 is 0. The van der Waals surface area contributed by atoms with Crippen molar-refractivity contribution in [1.29, 1.82) is 0 Å². The lowest BCUT2D eigenvalue weighted by Gasteiger charge is -2.36. The maximum absolute atomic E-state index is 12.1. The largest absolute Gasteiger partial charge is 0.369 e. The molecular weight excluding hydrogens is 342 g/mol. The molecule has 1 unspecified atom stereocenters. The minimum atomic E-state index is -0.315. The van der Waals surface area contributed by atoms with Crippen molar-refractivity contribution in [2.45, 2.75) is 26.3 Å². The van der Waals surface area contributed by atoms with E-state index in [0.717, 1.165) is 39.1 Å². The molecule has 0 spiro atoms. The third-order valence-electron chi connectivity index (χ3n) is 4.91. The van der Waals surface area contributed by atoms with Gasteiger partial charge in [-0.25, -0.2) is 5.10 Å². The Hall–Kier alpha value is -2.67. The maximum atomic E-state index is 12.1. The minimum Gasteiger partial charge on any atom is -0.369 e. The molecule has 1 aliphatic rings. The summed E-state index contributed by atoms with van der Waals surface area (Å²) in [6, 6.07) is 11.4. The number of anilines is 1. The topological polar surface area (TPSA) is 81.3 Å². The van der Waals surface area contributed by atoms with E-state index in [0.29, 0.717) is 0 Å². The molecular formula is C20H27N5O2. The molecule has 1 saturated heterocycles. The number of aryl methyl sites for hydroxylation is 1. The van der Waals surface area contributed by atoms with Crippen molar-refractivity contribution in [3.8, 4) is 0 Å². The number of carbonyl (C=O) groups is 1. The van der Waals surface area contributed by atoms with Crippen LogP contribution in [0.3, 0.4) is 0 Å². The second kappa shape index (κ2) is 8.81. The van der Waals surface area contributed by atoms with Crippen molar-refractivity contribution in [2.24, 2.45) is 0 Å². The molecule has 2 heterocycles. The third-order valence-corrected chi connectivity index (χ3v) is 4.91. The highest BCUT2D eigenvalue weighted by molar-refractivity contribution is 5.92. The zero-order valence-corrected chi connectivity index (χ0v) is 15.9. The number of amides is 1. The molecule has 2 N–H and O–H groups in total. The molecule has 1 aromatic heterocycles. The van der Waals surface area contributed by atoms with Gasteiger partial charge in [0.15, 0.2) is 0 Å². The SMILES string of the molecule is Cc1cccc(N2CCN(CCC(C)NC(=O)c3ccc(=O)[nH]n3)CC2)c1. The van der Waals surface area contributed by atoms with Gasteiger partial charge in [0.1, 0.15) is 5.69 Å². The van der Waals surface area contributed by atoms with Crippen LogP contribution >= 0.6 is 0 Å². The van der Waals surface area contributed by atoms with E-state index in [1.807, 2.05) is 6.92 Å². The number of H-pyrrole nitrogens is 1. The van der Waals surface area contributed by atoms with Crippen LogP contribution in [0.4, 0.5) is 5.69 Å². The van der Waals surface area contributed by atoms with Gasteiger partial charge in [-0.05, 0) is 44.0 Å². The summed E-state index contributed by atoms with van der Waals surface area (Å²) >= 11 is 0. The van der Waals surface area contributed by atoms with Crippen LogP contribution in [0.25, 0.3) is 0 Å². The molecule has 0 saturated carbocycles. The van der Waals surface area contributed by atoms with E-state index in [9.17, 15) is 9.59 Å². The number of nitrogens with one attached hydrogen (secondary N) is 2. The quantitative estimate of drug-likeness (QED) is 0.805. The van der Waals surface area contributed by atoms with Crippen LogP contribution in [0.5, 0.6) is 0 Å². The summed E-state index contributed by atoms with van der Waals surface area (Å²) in [4.78, 5) is 28.0. The summed E-state index contributed by atoms with van der Waals surface area (Å²) in [7, 11) is 0. The predicted molar refractivity (Wildman–Crippen MR) is 106 cm³/mol. The van der Waals surface area contributed by atoms with E-state index >= 15 is 0 Å². The van der Waals surface area contributed by atoms with Gasteiger partial charge in [-0.2, -0.15) is 5.10 Å². The molecule has 144 valence electrons. The first-order chi connectivity index (χ1) is 13.0. The smallest absolute Gasteiger partial charge is 0.271 e. The molecule has 1 fully saturated rings. The lowest BCUT2D eigenvalue weighted by atomic mass is 10.1. The first-order valence-corrected chi connectivity index (χ1v) is 9.42. The lowest BCUT2D eigenvalue weighted by molar-refractivity contribution is 0.0929. The standard InChI is InChI=1S/C20H27N5O2/c1-15-4-3-5-17(14-15)25-12-10-24(11-13-25)9-8-16(2)21-20(27)18-6-7-19(26)23-22-18/h3-7,14,16H,8-13H2,1-2H3,(H,21,27)(H,23,26). The van der Waals surface area contributed by atoms with Crippen LogP contribution in [0, 0.1) is 6.92 Å². The molecule has 1 aliphatic heterocycles. The van der Waals surface area contributed by atoms with Gasteiger partial charge in [0.2, 0.25) is 0 Å². The molecule has 1 amide bonds. The van der Waals surface area contributed by atoms with E-state index in [4.69, 9.17) is 0 Å². The molecule has 7 heteroatoms. The van der Waals surface area contributed by atoms with Gasteiger partial charge in [0.25, 0.3) is 11.5 Å². The summed E-state index contributed by atoms with van der Waals surface area (Å²) in [5.41, 5.74) is 2.50. The summed E-state index contributed by atoms with van der Waals surface area (Å²) in [6.07, 6.45) is 0.875. The number of piperazine rings is 1. The van der Waals surface area contributed by atoms with Crippen LogP contribution in [0.2, 0.25) is 0 Å². The summed E-state index contributed by atoms with van der Waals surface area (Å²) in [5.74, 6) is -0.261. The Morgan fingerprint density at radius 1 is 1.22 bits per heavy atom. The first kappa shape index (κ1) is 19.1. The summed E-state index contributed by atoms with van der Waals surface area (Å²) in [6.45, 7) is 9.15. The maximum Gasteiger partial charge on any atom is 0.271 e. The Labute approximate surface area is 159 Å². The van der Waals surface area contributed by atoms with E-state index in [-0.39, 0.29) is 23.2 Å². The third kappa shape index (κ3) is 5.40. The molecule has 0 radical (unpaired) electrons. The van der Waals surface area contributed by atoms with Crippen molar-refractivity contribution < 1.29 is 4.79 Å². The van der Waals surface area contributed by atoms with Gasteiger partial charge in [-0.3, -0.25) is 14.5 Å². The van der Waals surface area contributed by atoms with Gasteiger partial charge in [0.05, 0.1) is 0 Å². The van der Waals surface area contributed by atoms with Gasteiger partial charge in [0, 0.05) is 50.5 Å². The summed E-state index contributed by atoms with van der Waals surface area (Å²) in [5, 5.41) is 8.97. The average molecular weight is 369 g/mol. The lowest BCUT2D eigenvalue weighted by Crippen LogP contribution is -2.47. The second-order valence-corrected chi connectivity index (χ2v) is 7.14. The fraction of sp³-hybridized carbons (Fsp3) is 0.450. The number of benzene rings is 1. The Morgan fingerprint density at radius 2 is 2.00 bits per heavy atom. The van der Waals surface area contributed by atoms with Gasteiger partial charge >= 0.3 is 0 Å². The fourth-order valence-corrected chi connectivity index (χ4v) is 3.27. The molecule has 7 nitrogen and oxygen atoms in total. The zero-order valence-electron chi connectivity index (χ0n) is 15.9. The molecule has 1 aromatic carbocycles. The van der Waals surface area contributed by atoms with Crippen molar-refractivity contribution in [3.05, 3.63) is 58.0 Å². The van der Waals surface area contributed by atoms with Gasteiger partial charge in [-0.1, -0.05) is 12.1 Å². The molecule has 0 bridgehead atoms. The Morgan fingerprint density at radius 3 is 2.67 bits per heavy atom. The van der Waals surface area contributed by atoms with Crippen LogP contribution in [-0.4, -0.2) is 59.8 Å². The van der Waals surface area contributed by atoms with Crippen LogP contribution < -0.4 is 15.8 Å². The number of rotatable bonds is 6. The molecule has 1 atom stereocenters. The van der Waals surface area contributed by atoms with Crippen molar-refractivity contribution in [2.75, 3.05) is 37.6 Å². The highest BCUT2D eigenvalue weighted by atomic mass is 16.2. The number of aromatic nitrogens is 2. The molecule has 2 aromatic rings. The van der Waals surface area contributed by atoms with Crippen molar-refractivity contribution >= 4 is 11.6 Å². The Balaban J connectivity index is 1.41. The zero-order chi connectivity index (χ0) is 19.2. The van der Waals surface area contributed by atoms with Crippen LogP contribution in [-0.2, 0) is 0 Å². The van der Waals surface area contributed by atoms with E-state index < -0.39 is 0 Å². The van der Waals surface area contributed by atoms with Gasteiger partial charge in [-0.15, -0.1) is 0 Å². The van der Waals surface area contributed by atoms with Crippen LogP contribution in [0.15, 0.2) is 41.2 Å². The Bertz CT molecular complexity index is 807. The first-order valence-electron chi connectivity index (χ1n) is 9.42. The number of hydrogen-bond acceptors (Lipinski definition) is 5. The number of nitrogens with zero attached hydrogens (tertiary/aromatic N) is 3. The molecule has 27 heavy (non-hydrogen) atoms. The minimum absolute atomic E-state index is 0.0426. The number of hydrogen-bond donors (Lipinski definition) is 2. The van der Waals surface area contributed by atoms with Crippen molar-refractivity contribution in [1.82, 2.24) is 20.4 Å². The number of carbonyl (C=O) groups excluding carboxylic acids is 1. The van der Waals surface area contributed by atoms with E-state index in [1.54, 1.807) is 0 Å². The van der Waals surface area contributed by atoms with E-state index in [2.05, 4.69) is 56.5 Å².